The van der Waals surface area contributed by atoms with Crippen LogP contribution in [-0.2, 0) is 27.8 Å². The molecular weight excluding hydrogens is 316 g/mol. The van der Waals surface area contributed by atoms with E-state index in [4.69, 9.17) is 4.74 Å². The zero-order valence-electron chi connectivity index (χ0n) is 14.2. The Hall–Kier alpha value is -0.960. The second kappa shape index (κ2) is 8.23. The Labute approximate surface area is 139 Å². The van der Waals surface area contributed by atoms with Gasteiger partial charge in [-0.25, -0.2) is 12.7 Å². The van der Waals surface area contributed by atoms with Crippen molar-refractivity contribution >= 4 is 10.0 Å². The van der Waals surface area contributed by atoms with Crippen LogP contribution in [0.1, 0.15) is 25.3 Å². The van der Waals surface area contributed by atoms with E-state index in [0.29, 0.717) is 31.7 Å². The van der Waals surface area contributed by atoms with E-state index < -0.39 is 10.0 Å². The molecule has 23 heavy (non-hydrogen) atoms. The van der Waals surface area contributed by atoms with Crippen LogP contribution in [0, 0.1) is 5.92 Å². The molecule has 0 amide bonds. The van der Waals surface area contributed by atoms with Gasteiger partial charge in [-0.05, 0) is 12.3 Å². The second-order valence-electron chi connectivity index (χ2n) is 6.17. The van der Waals surface area contributed by atoms with Crippen LogP contribution in [0.2, 0.25) is 0 Å². The minimum Gasteiger partial charge on any atom is -0.383 e. The Balaban J connectivity index is 1.86. The highest BCUT2D eigenvalue weighted by Crippen LogP contribution is 2.22. The van der Waals surface area contributed by atoms with E-state index in [1.165, 1.54) is 6.26 Å². The van der Waals surface area contributed by atoms with Crippen molar-refractivity contribution in [2.24, 2.45) is 5.92 Å². The number of hydrogen-bond donors (Lipinski definition) is 1. The lowest BCUT2D eigenvalue weighted by atomic mass is 9.91. The number of aromatic nitrogens is 2. The summed E-state index contributed by atoms with van der Waals surface area (Å²) in [4.78, 5) is 0. The quantitative estimate of drug-likeness (QED) is 0.750. The minimum absolute atomic E-state index is 0.348. The van der Waals surface area contributed by atoms with Gasteiger partial charge in [0.05, 0.1) is 25.6 Å². The van der Waals surface area contributed by atoms with Gasteiger partial charge in [0.2, 0.25) is 10.0 Å². The van der Waals surface area contributed by atoms with Crippen molar-refractivity contribution < 1.29 is 13.2 Å². The third-order valence-electron chi connectivity index (χ3n) is 4.47. The summed E-state index contributed by atoms with van der Waals surface area (Å²) in [7, 11) is -1.40. The summed E-state index contributed by atoms with van der Waals surface area (Å²) < 4.78 is 31.9. The molecule has 2 unspecified atom stereocenters. The minimum atomic E-state index is -3.08. The van der Waals surface area contributed by atoms with Gasteiger partial charge in [-0.2, -0.15) is 5.10 Å². The second-order valence-corrected chi connectivity index (χ2v) is 8.15. The molecule has 8 heteroatoms. The maximum Gasteiger partial charge on any atom is 0.211 e. The molecule has 132 valence electrons. The first-order valence-corrected chi connectivity index (χ1v) is 9.97. The van der Waals surface area contributed by atoms with E-state index in [-0.39, 0.29) is 0 Å². The van der Waals surface area contributed by atoms with Crippen LogP contribution >= 0.6 is 0 Å². The summed E-state index contributed by atoms with van der Waals surface area (Å²) in [6.07, 6.45) is 7.01. The van der Waals surface area contributed by atoms with Gasteiger partial charge in [-0.3, -0.25) is 4.68 Å². The van der Waals surface area contributed by atoms with Gasteiger partial charge in [-0.15, -0.1) is 0 Å². The molecule has 1 N–H and O–H groups in total. The van der Waals surface area contributed by atoms with Crippen LogP contribution in [0.3, 0.4) is 0 Å². The number of ether oxygens (including phenoxy) is 1. The Bertz CT molecular complexity index is 587. The van der Waals surface area contributed by atoms with Crippen LogP contribution in [-0.4, -0.2) is 61.6 Å². The maximum atomic E-state index is 11.7. The number of hydrogen-bond acceptors (Lipinski definition) is 5. The topological polar surface area (TPSA) is 76.5 Å². The molecular formula is C15H28N4O3S. The zero-order valence-corrected chi connectivity index (χ0v) is 15.1. The van der Waals surface area contributed by atoms with Gasteiger partial charge in [0.1, 0.15) is 0 Å². The predicted molar refractivity (Wildman–Crippen MR) is 89.5 cm³/mol. The molecule has 7 nitrogen and oxygen atoms in total. The van der Waals surface area contributed by atoms with Crippen molar-refractivity contribution in [3.63, 3.8) is 0 Å². The first kappa shape index (κ1) is 18.4. The van der Waals surface area contributed by atoms with Crippen molar-refractivity contribution in [3.8, 4) is 0 Å². The van der Waals surface area contributed by atoms with Crippen LogP contribution in [0.5, 0.6) is 0 Å². The number of nitrogens with zero attached hydrogens (tertiary/aromatic N) is 3. The normalized spacial score (nSPS) is 23.3. The fourth-order valence-electron chi connectivity index (χ4n) is 3.04. The van der Waals surface area contributed by atoms with E-state index in [1.54, 1.807) is 11.4 Å². The number of nitrogens with one attached hydrogen (secondary N) is 1. The summed E-state index contributed by atoms with van der Waals surface area (Å²) in [5.41, 5.74) is 1.14. The van der Waals surface area contributed by atoms with Gasteiger partial charge in [0.15, 0.2) is 0 Å². The Kier molecular flexibility index (Phi) is 6.58. The number of methoxy groups -OCH3 is 1. The summed E-state index contributed by atoms with van der Waals surface area (Å²) >= 11 is 0. The van der Waals surface area contributed by atoms with E-state index in [1.807, 2.05) is 17.1 Å². The molecule has 2 heterocycles. The van der Waals surface area contributed by atoms with Crippen LogP contribution in [0.25, 0.3) is 0 Å². The Morgan fingerprint density at radius 3 is 2.91 bits per heavy atom. The molecule has 0 saturated carbocycles. The molecule has 0 aromatic carbocycles. The number of piperidine rings is 1. The molecule has 2 atom stereocenters. The summed E-state index contributed by atoms with van der Waals surface area (Å²) in [6, 6.07) is 0.348. The molecule has 1 aromatic rings. The van der Waals surface area contributed by atoms with Crippen molar-refractivity contribution in [1.82, 2.24) is 19.4 Å². The van der Waals surface area contributed by atoms with Crippen LogP contribution < -0.4 is 5.32 Å². The highest BCUT2D eigenvalue weighted by atomic mass is 32.2. The van der Waals surface area contributed by atoms with Crippen molar-refractivity contribution in [1.29, 1.82) is 0 Å². The third kappa shape index (κ3) is 5.27. The average Bonchev–Trinajstić information content (AvgIpc) is 2.97. The number of rotatable bonds is 8. The Morgan fingerprint density at radius 1 is 1.48 bits per heavy atom. The molecule has 1 aliphatic rings. The molecule has 0 aliphatic carbocycles. The van der Waals surface area contributed by atoms with Gasteiger partial charge in [0, 0.05) is 44.5 Å². The van der Waals surface area contributed by atoms with Gasteiger partial charge in [-0.1, -0.05) is 13.3 Å². The van der Waals surface area contributed by atoms with E-state index in [9.17, 15) is 8.42 Å². The monoisotopic (exact) mass is 344 g/mol. The lowest BCUT2D eigenvalue weighted by Gasteiger charge is -2.37. The summed E-state index contributed by atoms with van der Waals surface area (Å²) in [6.45, 7) is 5.48. The molecule has 0 bridgehead atoms. The predicted octanol–water partition coefficient (Wildman–Crippen LogP) is 0.679. The first-order valence-electron chi connectivity index (χ1n) is 8.12. The van der Waals surface area contributed by atoms with Gasteiger partial charge in [0.25, 0.3) is 0 Å². The largest absolute Gasteiger partial charge is 0.383 e. The molecule has 0 spiro atoms. The lowest BCUT2D eigenvalue weighted by molar-refractivity contribution is 0.183. The van der Waals surface area contributed by atoms with Crippen molar-refractivity contribution in [2.75, 3.05) is 33.1 Å². The van der Waals surface area contributed by atoms with E-state index in [0.717, 1.165) is 31.5 Å². The average molecular weight is 344 g/mol. The highest BCUT2D eigenvalue weighted by Gasteiger charge is 2.31. The molecule has 1 saturated heterocycles. The Morgan fingerprint density at radius 2 is 2.26 bits per heavy atom. The van der Waals surface area contributed by atoms with Crippen molar-refractivity contribution in [3.05, 3.63) is 18.0 Å². The summed E-state index contributed by atoms with van der Waals surface area (Å²) in [5, 5.41) is 7.88. The van der Waals surface area contributed by atoms with E-state index >= 15 is 0 Å². The zero-order chi connectivity index (χ0) is 16.9. The lowest BCUT2D eigenvalue weighted by Crippen LogP contribution is -2.50. The van der Waals surface area contributed by atoms with Crippen molar-refractivity contribution in [2.45, 2.75) is 38.9 Å². The third-order valence-corrected chi connectivity index (χ3v) is 5.74. The fraction of sp³-hybridized carbons (Fsp3) is 0.800. The standard InChI is InChI=1S/C15H28N4O3S/c1-4-14-12-19(23(3,20)21)6-5-15(14)16-9-13-10-17-18(11-13)7-8-22-2/h10-11,14-16H,4-9,12H2,1-3H3. The van der Waals surface area contributed by atoms with Gasteiger partial charge >= 0.3 is 0 Å². The van der Waals surface area contributed by atoms with Crippen LogP contribution in [0.15, 0.2) is 12.4 Å². The molecule has 2 rings (SSSR count). The molecule has 1 aromatic heterocycles. The molecule has 1 fully saturated rings. The van der Waals surface area contributed by atoms with Crippen LogP contribution in [0.4, 0.5) is 0 Å². The maximum absolute atomic E-state index is 11.7. The summed E-state index contributed by atoms with van der Waals surface area (Å²) in [5.74, 6) is 0.349. The fourth-order valence-corrected chi connectivity index (χ4v) is 3.94. The highest BCUT2D eigenvalue weighted by molar-refractivity contribution is 7.88. The van der Waals surface area contributed by atoms with E-state index in [2.05, 4.69) is 17.3 Å². The SMILES string of the molecule is CCC1CN(S(C)(=O)=O)CCC1NCc1cnn(CCOC)c1. The number of sulfonamides is 1. The molecule has 0 radical (unpaired) electrons. The smallest absolute Gasteiger partial charge is 0.211 e. The first-order chi connectivity index (χ1) is 10.9. The molecule has 1 aliphatic heterocycles. The van der Waals surface area contributed by atoms with Gasteiger partial charge < -0.3 is 10.1 Å².